The zero-order valence-corrected chi connectivity index (χ0v) is 11.4. The van der Waals surface area contributed by atoms with E-state index in [0.29, 0.717) is 22.3 Å². The lowest BCUT2D eigenvalue weighted by Gasteiger charge is -2.07. The standard InChI is InChI=1S/C14H14ClN3O2/c15-12-2-1-8-17-14(12)18-13(19)7-9-20-11-5-3-10(16)4-6-11/h1-6,8H,7,9,16H2,(H,17,18,19). The van der Waals surface area contributed by atoms with Gasteiger partial charge in [-0.15, -0.1) is 0 Å². The van der Waals surface area contributed by atoms with E-state index < -0.39 is 0 Å². The Hall–Kier alpha value is -2.27. The summed E-state index contributed by atoms with van der Waals surface area (Å²) in [5.41, 5.74) is 6.23. The molecular formula is C14H14ClN3O2. The number of pyridine rings is 1. The molecule has 0 aliphatic rings. The lowest BCUT2D eigenvalue weighted by Crippen LogP contribution is -2.16. The van der Waals surface area contributed by atoms with Gasteiger partial charge in [0.2, 0.25) is 5.91 Å². The van der Waals surface area contributed by atoms with Crippen LogP contribution in [0.25, 0.3) is 0 Å². The molecule has 0 bridgehead atoms. The second-order valence-electron chi connectivity index (χ2n) is 4.05. The van der Waals surface area contributed by atoms with Crippen LogP contribution in [0.4, 0.5) is 11.5 Å². The van der Waals surface area contributed by atoms with Crippen LogP contribution in [0, 0.1) is 0 Å². The Morgan fingerprint density at radius 2 is 2.05 bits per heavy atom. The molecule has 0 saturated heterocycles. The third kappa shape index (κ3) is 4.13. The van der Waals surface area contributed by atoms with Crippen molar-refractivity contribution < 1.29 is 9.53 Å². The van der Waals surface area contributed by atoms with Crippen molar-refractivity contribution >= 4 is 29.0 Å². The second-order valence-corrected chi connectivity index (χ2v) is 4.46. The van der Waals surface area contributed by atoms with E-state index in [2.05, 4.69) is 10.3 Å². The second kappa shape index (κ2) is 6.77. The number of carbonyl (C=O) groups excluding carboxylic acids is 1. The van der Waals surface area contributed by atoms with Gasteiger partial charge in [-0.05, 0) is 36.4 Å². The first-order valence-electron chi connectivity index (χ1n) is 6.04. The smallest absolute Gasteiger partial charge is 0.228 e. The molecule has 3 N–H and O–H groups in total. The van der Waals surface area contributed by atoms with E-state index in [1.54, 1.807) is 42.6 Å². The van der Waals surface area contributed by atoms with Crippen LogP contribution in [-0.4, -0.2) is 17.5 Å². The Balaban J connectivity index is 1.78. The van der Waals surface area contributed by atoms with E-state index >= 15 is 0 Å². The molecule has 0 aliphatic carbocycles. The van der Waals surface area contributed by atoms with Gasteiger partial charge in [0.15, 0.2) is 5.82 Å². The number of nitrogen functional groups attached to an aromatic ring is 1. The van der Waals surface area contributed by atoms with Crippen molar-refractivity contribution in [1.82, 2.24) is 4.98 Å². The van der Waals surface area contributed by atoms with E-state index in [4.69, 9.17) is 22.1 Å². The fourth-order valence-corrected chi connectivity index (χ4v) is 1.67. The van der Waals surface area contributed by atoms with Crippen molar-refractivity contribution in [3.63, 3.8) is 0 Å². The Morgan fingerprint density at radius 1 is 1.30 bits per heavy atom. The van der Waals surface area contributed by atoms with Crippen LogP contribution in [-0.2, 0) is 4.79 Å². The van der Waals surface area contributed by atoms with Gasteiger partial charge in [0.05, 0.1) is 18.1 Å². The van der Waals surface area contributed by atoms with Gasteiger partial charge in [-0.1, -0.05) is 11.6 Å². The normalized spacial score (nSPS) is 10.1. The molecule has 6 heteroatoms. The number of aromatic nitrogens is 1. The van der Waals surface area contributed by atoms with Gasteiger partial charge < -0.3 is 15.8 Å². The highest BCUT2D eigenvalue weighted by molar-refractivity contribution is 6.33. The molecule has 1 aromatic carbocycles. The third-order valence-electron chi connectivity index (χ3n) is 2.49. The van der Waals surface area contributed by atoms with Crippen molar-refractivity contribution in [2.24, 2.45) is 0 Å². The number of nitrogens with two attached hydrogens (primary N) is 1. The largest absolute Gasteiger partial charge is 0.493 e. The number of nitrogens with one attached hydrogen (secondary N) is 1. The predicted molar refractivity (Wildman–Crippen MR) is 78.8 cm³/mol. The van der Waals surface area contributed by atoms with Crippen molar-refractivity contribution in [1.29, 1.82) is 0 Å². The lowest BCUT2D eigenvalue weighted by molar-refractivity contribution is -0.116. The van der Waals surface area contributed by atoms with E-state index in [-0.39, 0.29) is 18.9 Å². The monoisotopic (exact) mass is 291 g/mol. The fraction of sp³-hybridized carbons (Fsp3) is 0.143. The van der Waals surface area contributed by atoms with Gasteiger partial charge in [-0.25, -0.2) is 4.98 Å². The molecule has 20 heavy (non-hydrogen) atoms. The molecule has 1 heterocycles. The van der Waals surface area contributed by atoms with E-state index in [0.717, 1.165) is 0 Å². The van der Waals surface area contributed by atoms with Gasteiger partial charge in [0.1, 0.15) is 5.75 Å². The average Bonchev–Trinajstić information content (AvgIpc) is 2.44. The number of halogens is 1. The van der Waals surface area contributed by atoms with Crippen LogP contribution < -0.4 is 15.8 Å². The Kier molecular flexibility index (Phi) is 4.79. The first kappa shape index (κ1) is 14.1. The van der Waals surface area contributed by atoms with Crippen LogP contribution in [0.5, 0.6) is 5.75 Å². The summed E-state index contributed by atoms with van der Waals surface area (Å²) < 4.78 is 5.43. The molecule has 2 aromatic rings. The Morgan fingerprint density at radius 3 is 2.75 bits per heavy atom. The third-order valence-corrected chi connectivity index (χ3v) is 2.80. The molecule has 0 unspecified atom stereocenters. The number of hydrogen-bond acceptors (Lipinski definition) is 4. The molecule has 0 aliphatic heterocycles. The van der Waals surface area contributed by atoms with Gasteiger partial charge >= 0.3 is 0 Å². The molecule has 0 saturated carbocycles. The maximum atomic E-state index is 11.7. The first-order chi connectivity index (χ1) is 9.65. The molecule has 104 valence electrons. The number of rotatable bonds is 5. The molecular weight excluding hydrogens is 278 g/mol. The number of ether oxygens (including phenoxy) is 1. The molecule has 2 rings (SSSR count). The number of anilines is 2. The maximum absolute atomic E-state index is 11.7. The minimum atomic E-state index is -0.207. The van der Waals surface area contributed by atoms with Crippen LogP contribution in [0.15, 0.2) is 42.6 Å². The lowest BCUT2D eigenvalue weighted by atomic mass is 10.3. The quantitative estimate of drug-likeness (QED) is 0.830. The summed E-state index contributed by atoms with van der Waals surface area (Å²) in [5, 5.41) is 3.03. The number of hydrogen-bond donors (Lipinski definition) is 2. The van der Waals surface area contributed by atoms with E-state index in [1.807, 2.05) is 0 Å². The van der Waals surface area contributed by atoms with E-state index in [1.165, 1.54) is 0 Å². The number of nitrogens with zero attached hydrogens (tertiary/aromatic N) is 1. The van der Waals surface area contributed by atoms with Crippen molar-refractivity contribution in [2.75, 3.05) is 17.7 Å². The van der Waals surface area contributed by atoms with Crippen LogP contribution in [0.1, 0.15) is 6.42 Å². The summed E-state index contributed by atoms with van der Waals surface area (Å²) in [7, 11) is 0. The van der Waals surface area contributed by atoms with Gasteiger partial charge in [-0.3, -0.25) is 4.79 Å². The summed E-state index contributed by atoms with van der Waals surface area (Å²) in [6, 6.07) is 10.3. The number of benzene rings is 1. The van der Waals surface area contributed by atoms with Gasteiger partial charge in [0.25, 0.3) is 0 Å². The van der Waals surface area contributed by atoms with Gasteiger partial charge in [0, 0.05) is 11.9 Å². The number of carbonyl (C=O) groups is 1. The minimum absolute atomic E-state index is 0.206. The van der Waals surface area contributed by atoms with Crippen LogP contribution in [0.2, 0.25) is 5.02 Å². The van der Waals surface area contributed by atoms with Crippen LogP contribution >= 0.6 is 11.6 Å². The number of amides is 1. The Bertz CT molecular complexity index is 587. The molecule has 5 nitrogen and oxygen atoms in total. The SMILES string of the molecule is Nc1ccc(OCCC(=O)Nc2ncccc2Cl)cc1. The van der Waals surface area contributed by atoms with E-state index in [9.17, 15) is 4.79 Å². The summed E-state index contributed by atoms with van der Waals surface area (Å²) in [4.78, 5) is 15.7. The minimum Gasteiger partial charge on any atom is -0.493 e. The van der Waals surface area contributed by atoms with Crippen molar-refractivity contribution in [2.45, 2.75) is 6.42 Å². The molecule has 1 aromatic heterocycles. The highest BCUT2D eigenvalue weighted by atomic mass is 35.5. The molecule has 0 fully saturated rings. The molecule has 0 spiro atoms. The zero-order chi connectivity index (χ0) is 14.4. The first-order valence-corrected chi connectivity index (χ1v) is 6.41. The Labute approximate surface area is 121 Å². The van der Waals surface area contributed by atoms with Gasteiger partial charge in [-0.2, -0.15) is 0 Å². The van der Waals surface area contributed by atoms with Crippen LogP contribution in [0.3, 0.4) is 0 Å². The fourth-order valence-electron chi connectivity index (χ4n) is 1.50. The molecule has 0 atom stereocenters. The molecule has 1 amide bonds. The zero-order valence-electron chi connectivity index (χ0n) is 10.7. The predicted octanol–water partition coefficient (Wildman–Crippen LogP) is 2.72. The van der Waals surface area contributed by atoms with Crippen molar-refractivity contribution in [3.8, 4) is 5.75 Å². The van der Waals surface area contributed by atoms with Crippen molar-refractivity contribution in [3.05, 3.63) is 47.6 Å². The molecule has 0 radical (unpaired) electrons. The summed E-state index contributed by atoms with van der Waals surface area (Å²) in [5.74, 6) is 0.815. The summed E-state index contributed by atoms with van der Waals surface area (Å²) in [6.45, 7) is 0.264. The average molecular weight is 292 g/mol. The highest BCUT2D eigenvalue weighted by Crippen LogP contribution is 2.17. The topological polar surface area (TPSA) is 77.2 Å². The maximum Gasteiger partial charge on any atom is 0.228 e. The summed E-state index contributed by atoms with van der Waals surface area (Å²) in [6.07, 6.45) is 1.77. The highest BCUT2D eigenvalue weighted by Gasteiger charge is 2.06. The summed E-state index contributed by atoms with van der Waals surface area (Å²) >= 11 is 5.89.